The number of rotatable bonds is 8. The van der Waals surface area contributed by atoms with Gasteiger partial charge in [-0.05, 0) is 32.4 Å². The molecule has 0 aliphatic rings. The van der Waals surface area contributed by atoms with E-state index in [2.05, 4.69) is 24.0 Å². The molecule has 1 rings (SSSR count). The van der Waals surface area contributed by atoms with Gasteiger partial charge in [-0.2, -0.15) is 0 Å². The molecule has 98 valence electrons. The Morgan fingerprint density at radius 2 is 2.24 bits per heavy atom. The van der Waals surface area contributed by atoms with Crippen LogP contribution in [0.2, 0.25) is 0 Å². The van der Waals surface area contributed by atoms with E-state index in [0.717, 1.165) is 32.7 Å². The average Bonchev–Trinajstić information content (AvgIpc) is 2.63. The predicted octanol–water partition coefficient (Wildman–Crippen LogP) is 2.28. The molecule has 0 radical (unpaired) electrons. The standard InChI is InChI=1S/C13H23NO2S/c1-11(15)9-14(7-4-8-16-3)10-13-6-5-12(2)17-13/h5-6,11,15H,4,7-10H2,1-3H3/t11-/m0/s1. The second-order valence-electron chi connectivity index (χ2n) is 4.44. The lowest BCUT2D eigenvalue weighted by atomic mass is 10.3. The molecule has 1 atom stereocenters. The van der Waals surface area contributed by atoms with E-state index >= 15 is 0 Å². The van der Waals surface area contributed by atoms with Crippen molar-refractivity contribution in [3.05, 3.63) is 21.9 Å². The number of hydrogen-bond donors (Lipinski definition) is 1. The van der Waals surface area contributed by atoms with Gasteiger partial charge in [0.05, 0.1) is 6.10 Å². The average molecular weight is 257 g/mol. The van der Waals surface area contributed by atoms with Crippen LogP contribution < -0.4 is 0 Å². The highest BCUT2D eigenvalue weighted by atomic mass is 32.1. The first-order valence-electron chi connectivity index (χ1n) is 6.06. The molecule has 0 aliphatic heterocycles. The molecule has 17 heavy (non-hydrogen) atoms. The Morgan fingerprint density at radius 1 is 1.47 bits per heavy atom. The summed E-state index contributed by atoms with van der Waals surface area (Å²) in [5, 5.41) is 9.49. The van der Waals surface area contributed by atoms with Gasteiger partial charge in [-0.25, -0.2) is 0 Å². The minimum atomic E-state index is -0.279. The third-order valence-corrected chi connectivity index (χ3v) is 3.51. The number of ether oxygens (including phenoxy) is 1. The Kier molecular flexibility index (Phi) is 6.73. The number of methoxy groups -OCH3 is 1. The van der Waals surface area contributed by atoms with Crippen molar-refractivity contribution in [2.24, 2.45) is 0 Å². The highest BCUT2D eigenvalue weighted by Crippen LogP contribution is 2.17. The van der Waals surface area contributed by atoms with Crippen LogP contribution in [0.3, 0.4) is 0 Å². The van der Waals surface area contributed by atoms with Crippen LogP contribution >= 0.6 is 11.3 Å². The third-order valence-electron chi connectivity index (χ3n) is 2.52. The Bertz CT molecular complexity index is 312. The summed E-state index contributed by atoms with van der Waals surface area (Å²) in [4.78, 5) is 4.99. The van der Waals surface area contributed by atoms with E-state index in [4.69, 9.17) is 4.74 Å². The van der Waals surface area contributed by atoms with Crippen molar-refractivity contribution >= 4 is 11.3 Å². The number of hydrogen-bond acceptors (Lipinski definition) is 4. The zero-order valence-corrected chi connectivity index (χ0v) is 11.8. The second-order valence-corrected chi connectivity index (χ2v) is 5.82. The fraction of sp³-hybridized carbons (Fsp3) is 0.692. The van der Waals surface area contributed by atoms with Crippen LogP contribution in [0.15, 0.2) is 12.1 Å². The summed E-state index contributed by atoms with van der Waals surface area (Å²) in [6.45, 7) is 7.35. The molecule has 0 aromatic carbocycles. The molecule has 0 amide bonds. The maximum Gasteiger partial charge on any atom is 0.0639 e. The summed E-state index contributed by atoms with van der Waals surface area (Å²) in [6.07, 6.45) is 0.728. The monoisotopic (exact) mass is 257 g/mol. The van der Waals surface area contributed by atoms with Crippen molar-refractivity contribution in [2.75, 3.05) is 26.8 Å². The smallest absolute Gasteiger partial charge is 0.0639 e. The van der Waals surface area contributed by atoms with Gasteiger partial charge in [-0.1, -0.05) is 0 Å². The lowest BCUT2D eigenvalue weighted by molar-refractivity contribution is 0.111. The number of thiophene rings is 1. The van der Waals surface area contributed by atoms with Gasteiger partial charge in [0.2, 0.25) is 0 Å². The highest BCUT2D eigenvalue weighted by molar-refractivity contribution is 7.11. The van der Waals surface area contributed by atoms with Crippen molar-refractivity contribution in [2.45, 2.75) is 32.9 Å². The lowest BCUT2D eigenvalue weighted by Gasteiger charge is -2.22. The molecule has 3 nitrogen and oxygen atoms in total. The molecule has 1 heterocycles. The van der Waals surface area contributed by atoms with Crippen LogP contribution in [0, 0.1) is 6.92 Å². The molecule has 0 fully saturated rings. The molecular formula is C13H23NO2S. The predicted molar refractivity (Wildman–Crippen MR) is 72.5 cm³/mol. The highest BCUT2D eigenvalue weighted by Gasteiger charge is 2.09. The van der Waals surface area contributed by atoms with Crippen LogP contribution in [0.4, 0.5) is 0 Å². The lowest BCUT2D eigenvalue weighted by Crippen LogP contribution is -2.31. The zero-order chi connectivity index (χ0) is 12.7. The minimum absolute atomic E-state index is 0.279. The SMILES string of the molecule is COCCCN(Cc1ccc(C)s1)C[C@H](C)O. The largest absolute Gasteiger partial charge is 0.392 e. The van der Waals surface area contributed by atoms with E-state index in [1.807, 2.05) is 18.3 Å². The molecule has 1 aromatic heterocycles. The van der Waals surface area contributed by atoms with Gasteiger partial charge in [0.15, 0.2) is 0 Å². The number of aliphatic hydroxyl groups excluding tert-OH is 1. The third kappa shape index (κ3) is 6.17. The van der Waals surface area contributed by atoms with Crippen LogP contribution in [-0.4, -0.2) is 42.9 Å². The molecule has 0 spiro atoms. The maximum absolute atomic E-state index is 9.49. The molecule has 0 unspecified atom stereocenters. The normalized spacial score (nSPS) is 13.2. The van der Waals surface area contributed by atoms with E-state index in [-0.39, 0.29) is 6.10 Å². The van der Waals surface area contributed by atoms with Crippen molar-refractivity contribution in [1.29, 1.82) is 0 Å². The Morgan fingerprint density at radius 3 is 2.76 bits per heavy atom. The summed E-state index contributed by atoms with van der Waals surface area (Å²) in [5.41, 5.74) is 0. The van der Waals surface area contributed by atoms with Crippen molar-refractivity contribution in [1.82, 2.24) is 4.90 Å². The molecule has 1 aromatic rings. The van der Waals surface area contributed by atoms with Crippen LogP contribution in [0.25, 0.3) is 0 Å². The van der Waals surface area contributed by atoms with Crippen LogP contribution in [0.5, 0.6) is 0 Å². The Hall–Kier alpha value is -0.420. The summed E-state index contributed by atoms with van der Waals surface area (Å²) in [5.74, 6) is 0. The van der Waals surface area contributed by atoms with E-state index < -0.39 is 0 Å². The first kappa shape index (κ1) is 14.6. The molecular weight excluding hydrogens is 234 g/mol. The number of aryl methyl sites for hydroxylation is 1. The van der Waals surface area contributed by atoms with Gasteiger partial charge in [-0.15, -0.1) is 11.3 Å². The molecule has 0 saturated carbocycles. The fourth-order valence-corrected chi connectivity index (χ4v) is 2.76. The van der Waals surface area contributed by atoms with Gasteiger partial charge in [0.1, 0.15) is 0 Å². The summed E-state index contributed by atoms with van der Waals surface area (Å²) in [7, 11) is 1.72. The number of nitrogens with zero attached hydrogens (tertiary/aromatic N) is 1. The topological polar surface area (TPSA) is 32.7 Å². The van der Waals surface area contributed by atoms with Crippen molar-refractivity contribution in [3.8, 4) is 0 Å². The second kappa shape index (κ2) is 7.82. The quantitative estimate of drug-likeness (QED) is 0.725. The van der Waals surface area contributed by atoms with Gasteiger partial charge in [-0.3, -0.25) is 4.90 Å². The van der Waals surface area contributed by atoms with E-state index in [0.29, 0.717) is 0 Å². The Balaban J connectivity index is 2.44. The van der Waals surface area contributed by atoms with Gasteiger partial charge in [0.25, 0.3) is 0 Å². The van der Waals surface area contributed by atoms with Crippen LogP contribution in [-0.2, 0) is 11.3 Å². The van der Waals surface area contributed by atoms with Crippen molar-refractivity contribution in [3.63, 3.8) is 0 Å². The Labute approximate surface area is 108 Å². The van der Waals surface area contributed by atoms with Gasteiger partial charge >= 0.3 is 0 Å². The summed E-state index contributed by atoms with van der Waals surface area (Å²) < 4.78 is 5.06. The minimum Gasteiger partial charge on any atom is -0.392 e. The fourth-order valence-electron chi connectivity index (χ4n) is 1.83. The molecule has 0 aliphatic carbocycles. The zero-order valence-electron chi connectivity index (χ0n) is 11.0. The van der Waals surface area contributed by atoms with E-state index in [9.17, 15) is 5.11 Å². The first-order chi connectivity index (χ1) is 8.11. The first-order valence-corrected chi connectivity index (χ1v) is 6.88. The number of aliphatic hydroxyl groups is 1. The maximum atomic E-state index is 9.49. The summed E-state index contributed by atoms with van der Waals surface area (Å²) in [6, 6.07) is 4.32. The van der Waals surface area contributed by atoms with Gasteiger partial charge < -0.3 is 9.84 Å². The molecule has 1 N–H and O–H groups in total. The van der Waals surface area contributed by atoms with Crippen LogP contribution in [0.1, 0.15) is 23.1 Å². The molecule has 0 bridgehead atoms. The summed E-state index contributed by atoms with van der Waals surface area (Å²) >= 11 is 1.83. The van der Waals surface area contributed by atoms with E-state index in [1.54, 1.807) is 7.11 Å². The molecule has 0 saturated heterocycles. The molecule has 4 heteroatoms. The van der Waals surface area contributed by atoms with E-state index in [1.165, 1.54) is 9.75 Å². The van der Waals surface area contributed by atoms with Gasteiger partial charge in [0, 0.05) is 43.1 Å². The van der Waals surface area contributed by atoms with Crippen molar-refractivity contribution < 1.29 is 9.84 Å².